The number of ether oxygens (including phenoxy) is 1. The van der Waals surface area contributed by atoms with Crippen LogP contribution in [0.5, 0.6) is 0 Å². The molecule has 0 spiro atoms. The Morgan fingerprint density at radius 2 is 2.16 bits per heavy atom. The van der Waals surface area contributed by atoms with E-state index in [1.54, 1.807) is 10.9 Å². The van der Waals surface area contributed by atoms with E-state index in [1.807, 2.05) is 30.3 Å². The van der Waals surface area contributed by atoms with Gasteiger partial charge in [0.15, 0.2) is 5.65 Å². The van der Waals surface area contributed by atoms with Crippen molar-refractivity contribution < 1.29 is 4.74 Å². The molecule has 0 aliphatic carbocycles. The van der Waals surface area contributed by atoms with Gasteiger partial charge in [0, 0.05) is 6.54 Å². The van der Waals surface area contributed by atoms with E-state index in [-0.39, 0.29) is 5.56 Å². The number of nitrogens with zero attached hydrogens (tertiary/aromatic N) is 3. The van der Waals surface area contributed by atoms with Crippen LogP contribution < -0.4 is 10.9 Å². The van der Waals surface area contributed by atoms with Crippen molar-refractivity contribution in [2.45, 2.75) is 12.8 Å². The number of rotatable bonds is 5. The SMILES string of the molecule is O=c1[nH]c(NCCC2=CCOCC2)nc2c1cnn2-c1ccccc1. The number of nitrogens with one attached hydrogen (secondary N) is 2. The first kappa shape index (κ1) is 15.6. The van der Waals surface area contributed by atoms with Crippen LogP contribution in [0.2, 0.25) is 0 Å². The van der Waals surface area contributed by atoms with Crippen molar-refractivity contribution in [3.8, 4) is 5.69 Å². The Labute approximate surface area is 144 Å². The molecule has 4 rings (SSSR count). The summed E-state index contributed by atoms with van der Waals surface area (Å²) in [5.41, 5.74) is 2.59. The molecule has 0 amide bonds. The lowest BCUT2D eigenvalue weighted by Gasteiger charge is -2.13. The number of aromatic nitrogens is 4. The van der Waals surface area contributed by atoms with Crippen molar-refractivity contribution in [1.29, 1.82) is 0 Å². The Morgan fingerprint density at radius 1 is 1.28 bits per heavy atom. The summed E-state index contributed by atoms with van der Waals surface area (Å²) in [5, 5.41) is 7.98. The maximum absolute atomic E-state index is 12.3. The highest BCUT2D eigenvalue weighted by atomic mass is 16.5. The van der Waals surface area contributed by atoms with Gasteiger partial charge in [0.2, 0.25) is 5.95 Å². The van der Waals surface area contributed by atoms with Crippen LogP contribution in [0.1, 0.15) is 12.8 Å². The van der Waals surface area contributed by atoms with Crippen LogP contribution in [0.25, 0.3) is 16.7 Å². The van der Waals surface area contributed by atoms with Crippen LogP contribution in [0.4, 0.5) is 5.95 Å². The summed E-state index contributed by atoms with van der Waals surface area (Å²) < 4.78 is 6.99. The molecule has 7 heteroatoms. The molecule has 0 unspecified atom stereocenters. The molecule has 2 aromatic heterocycles. The van der Waals surface area contributed by atoms with Crippen molar-refractivity contribution in [3.05, 3.63) is 58.5 Å². The van der Waals surface area contributed by atoms with Gasteiger partial charge in [-0.1, -0.05) is 29.8 Å². The molecule has 1 aliphatic heterocycles. The molecule has 128 valence electrons. The molecule has 3 heterocycles. The van der Waals surface area contributed by atoms with Crippen LogP contribution in [-0.4, -0.2) is 39.5 Å². The van der Waals surface area contributed by atoms with Crippen LogP contribution in [0.15, 0.2) is 53.0 Å². The highest BCUT2D eigenvalue weighted by molar-refractivity contribution is 5.76. The van der Waals surface area contributed by atoms with Crippen molar-refractivity contribution in [1.82, 2.24) is 19.7 Å². The van der Waals surface area contributed by atoms with E-state index in [2.05, 4.69) is 26.5 Å². The number of H-pyrrole nitrogens is 1. The Kier molecular flexibility index (Phi) is 4.30. The second-order valence-corrected chi connectivity index (χ2v) is 5.91. The van der Waals surface area contributed by atoms with E-state index in [0.29, 0.717) is 30.1 Å². The predicted octanol–water partition coefficient (Wildman–Crippen LogP) is 2.26. The summed E-state index contributed by atoms with van der Waals surface area (Å²) in [6, 6.07) is 9.65. The van der Waals surface area contributed by atoms with Crippen molar-refractivity contribution in [2.75, 3.05) is 25.1 Å². The summed E-state index contributed by atoms with van der Waals surface area (Å²) in [5.74, 6) is 0.461. The van der Waals surface area contributed by atoms with Gasteiger partial charge < -0.3 is 10.1 Å². The molecule has 2 N–H and O–H groups in total. The summed E-state index contributed by atoms with van der Waals surface area (Å²) in [6.45, 7) is 2.18. The number of anilines is 1. The van der Waals surface area contributed by atoms with Crippen LogP contribution >= 0.6 is 0 Å². The summed E-state index contributed by atoms with van der Waals surface area (Å²) >= 11 is 0. The standard InChI is InChI=1S/C18H19N5O2/c24-17-15-12-20-23(14-4-2-1-3-5-14)16(15)21-18(22-17)19-9-6-13-7-10-25-11-8-13/h1-5,7,12H,6,8-11H2,(H2,19,21,22,24). The summed E-state index contributed by atoms with van der Waals surface area (Å²) in [4.78, 5) is 19.6. The van der Waals surface area contributed by atoms with Gasteiger partial charge in [0.1, 0.15) is 5.39 Å². The number of hydrogen-bond acceptors (Lipinski definition) is 5. The molecule has 7 nitrogen and oxygen atoms in total. The van der Waals surface area contributed by atoms with Crippen LogP contribution in [0.3, 0.4) is 0 Å². The molecule has 0 radical (unpaired) electrons. The fraction of sp³-hybridized carbons (Fsp3) is 0.278. The zero-order valence-electron chi connectivity index (χ0n) is 13.7. The smallest absolute Gasteiger partial charge is 0.263 e. The average molecular weight is 337 g/mol. The molecule has 0 bridgehead atoms. The van der Waals surface area contributed by atoms with Gasteiger partial charge in [-0.05, 0) is 25.0 Å². The second kappa shape index (κ2) is 6.90. The highest BCUT2D eigenvalue weighted by Gasteiger charge is 2.11. The third-order valence-corrected chi connectivity index (χ3v) is 4.23. The number of para-hydroxylation sites is 1. The van der Waals surface area contributed by atoms with Gasteiger partial charge in [-0.2, -0.15) is 10.1 Å². The Balaban J connectivity index is 1.58. The summed E-state index contributed by atoms with van der Waals surface area (Å²) in [6.07, 6.45) is 5.54. The molecule has 0 saturated carbocycles. The van der Waals surface area contributed by atoms with Gasteiger partial charge in [-0.3, -0.25) is 9.78 Å². The topological polar surface area (TPSA) is 84.8 Å². The summed E-state index contributed by atoms with van der Waals surface area (Å²) in [7, 11) is 0. The van der Waals surface area contributed by atoms with Gasteiger partial charge >= 0.3 is 0 Å². The highest BCUT2D eigenvalue weighted by Crippen LogP contribution is 2.15. The van der Waals surface area contributed by atoms with Crippen LogP contribution in [-0.2, 0) is 4.74 Å². The van der Waals surface area contributed by atoms with E-state index in [1.165, 1.54) is 5.57 Å². The van der Waals surface area contributed by atoms with E-state index in [0.717, 1.165) is 25.1 Å². The molecule has 1 aromatic carbocycles. The van der Waals surface area contributed by atoms with Gasteiger partial charge in [-0.25, -0.2) is 4.68 Å². The first-order chi connectivity index (χ1) is 12.3. The first-order valence-corrected chi connectivity index (χ1v) is 8.34. The Hall–Kier alpha value is -2.93. The Bertz CT molecular complexity index is 959. The first-order valence-electron chi connectivity index (χ1n) is 8.34. The number of fused-ring (bicyclic) bond motifs is 1. The van der Waals surface area contributed by atoms with Crippen LogP contribution in [0, 0.1) is 0 Å². The minimum Gasteiger partial charge on any atom is -0.377 e. The lowest BCUT2D eigenvalue weighted by molar-refractivity contribution is 0.153. The Morgan fingerprint density at radius 3 is 2.96 bits per heavy atom. The van der Waals surface area contributed by atoms with E-state index in [4.69, 9.17) is 4.74 Å². The van der Waals surface area contributed by atoms with Gasteiger partial charge in [0.05, 0.1) is 25.1 Å². The van der Waals surface area contributed by atoms with Crippen molar-refractivity contribution in [2.24, 2.45) is 0 Å². The fourth-order valence-corrected chi connectivity index (χ4v) is 2.89. The van der Waals surface area contributed by atoms with Gasteiger partial charge in [-0.15, -0.1) is 0 Å². The molecule has 1 aliphatic rings. The van der Waals surface area contributed by atoms with Crippen molar-refractivity contribution in [3.63, 3.8) is 0 Å². The number of hydrogen-bond donors (Lipinski definition) is 2. The second-order valence-electron chi connectivity index (χ2n) is 5.91. The third kappa shape index (κ3) is 3.32. The molecule has 0 fully saturated rings. The zero-order valence-corrected chi connectivity index (χ0v) is 13.7. The normalized spacial score (nSPS) is 14.5. The minimum atomic E-state index is -0.194. The lowest BCUT2D eigenvalue weighted by atomic mass is 10.1. The van der Waals surface area contributed by atoms with E-state index < -0.39 is 0 Å². The molecular weight excluding hydrogens is 318 g/mol. The third-order valence-electron chi connectivity index (χ3n) is 4.23. The van der Waals surface area contributed by atoms with E-state index in [9.17, 15) is 4.79 Å². The lowest BCUT2D eigenvalue weighted by Crippen LogP contribution is -2.15. The quantitative estimate of drug-likeness (QED) is 0.698. The molecule has 3 aromatic rings. The van der Waals surface area contributed by atoms with Gasteiger partial charge in [0.25, 0.3) is 5.56 Å². The molecule has 0 saturated heterocycles. The average Bonchev–Trinajstić information content (AvgIpc) is 3.08. The number of aromatic amines is 1. The fourth-order valence-electron chi connectivity index (χ4n) is 2.89. The molecular formula is C18H19N5O2. The predicted molar refractivity (Wildman–Crippen MR) is 96.1 cm³/mol. The monoisotopic (exact) mass is 337 g/mol. The van der Waals surface area contributed by atoms with E-state index >= 15 is 0 Å². The van der Waals surface area contributed by atoms with Crippen molar-refractivity contribution >= 4 is 17.0 Å². The zero-order chi connectivity index (χ0) is 17.1. The maximum Gasteiger partial charge on any atom is 0.263 e. The largest absolute Gasteiger partial charge is 0.377 e. The minimum absolute atomic E-state index is 0.194. The number of benzene rings is 1. The molecule has 0 atom stereocenters. The maximum atomic E-state index is 12.3. The molecule has 25 heavy (non-hydrogen) atoms.